The Kier molecular flexibility index (Phi) is 8.91. The van der Waals surface area contributed by atoms with E-state index in [-0.39, 0.29) is 12.4 Å². The van der Waals surface area contributed by atoms with Crippen LogP contribution in [0.2, 0.25) is 0 Å². The van der Waals surface area contributed by atoms with Crippen molar-refractivity contribution < 1.29 is 33.2 Å². The molecule has 34 heavy (non-hydrogen) atoms. The van der Waals surface area contributed by atoms with Crippen molar-refractivity contribution in [3.8, 4) is 23.0 Å². The van der Waals surface area contributed by atoms with Crippen molar-refractivity contribution >= 4 is 18.1 Å². The zero-order valence-corrected chi connectivity index (χ0v) is 19.1. The molecule has 0 unspecified atom stereocenters. The molecular weight excluding hydrogens is 439 g/mol. The summed E-state index contributed by atoms with van der Waals surface area (Å²) in [5.74, 6) is 0.120. The van der Waals surface area contributed by atoms with E-state index in [1.165, 1.54) is 12.1 Å². The van der Waals surface area contributed by atoms with Gasteiger partial charge in [-0.1, -0.05) is 30.4 Å². The molecule has 3 rings (SSSR count). The molecule has 0 heterocycles. The monoisotopic (exact) mass is 466 g/mol. The molecule has 0 fully saturated rings. The summed E-state index contributed by atoms with van der Waals surface area (Å²) < 4.78 is 36.1. The maximum Gasteiger partial charge on any atom is 0.341 e. The number of benzene rings is 3. The van der Waals surface area contributed by atoms with Crippen LogP contribution in [0.15, 0.2) is 60.7 Å². The summed E-state index contributed by atoms with van der Waals surface area (Å²) >= 11 is 0. The van der Waals surface area contributed by atoms with E-state index in [2.05, 4.69) is 0 Å². The summed E-state index contributed by atoms with van der Waals surface area (Å²) in [6.45, 7) is 4.49. The topological polar surface area (TPSA) is 74.2 Å². The minimum Gasteiger partial charge on any atom is -0.494 e. The maximum atomic E-state index is 14.2. The van der Waals surface area contributed by atoms with Gasteiger partial charge in [0.2, 0.25) is 0 Å². The van der Waals surface area contributed by atoms with Gasteiger partial charge >= 0.3 is 5.97 Å². The van der Waals surface area contributed by atoms with E-state index in [1.807, 2.05) is 62.4 Å². The summed E-state index contributed by atoms with van der Waals surface area (Å²) in [5, 5.41) is 8.66. The van der Waals surface area contributed by atoms with Gasteiger partial charge in [-0.15, -0.1) is 0 Å². The fourth-order valence-electron chi connectivity index (χ4n) is 3.11. The van der Waals surface area contributed by atoms with Crippen molar-refractivity contribution in [2.75, 3.05) is 19.8 Å². The number of rotatable bonds is 12. The average Bonchev–Trinajstić information content (AvgIpc) is 2.82. The SMILES string of the molecule is CCOc1ccc(/C=C/c2cc(OCC)cc(OCc3ccc(OCC(=O)O)c(F)c3)c2)cc1. The fourth-order valence-corrected chi connectivity index (χ4v) is 3.11. The summed E-state index contributed by atoms with van der Waals surface area (Å²) in [6.07, 6.45) is 3.94. The van der Waals surface area contributed by atoms with Gasteiger partial charge < -0.3 is 24.1 Å². The van der Waals surface area contributed by atoms with Crippen LogP contribution >= 0.6 is 0 Å². The minimum absolute atomic E-state index is 0.119. The maximum absolute atomic E-state index is 14.2. The van der Waals surface area contributed by atoms with Gasteiger partial charge in [-0.2, -0.15) is 0 Å². The first-order chi connectivity index (χ1) is 16.5. The Morgan fingerprint density at radius 1 is 0.794 bits per heavy atom. The molecule has 178 valence electrons. The van der Waals surface area contributed by atoms with Crippen LogP contribution in [-0.2, 0) is 11.4 Å². The number of aliphatic carboxylic acids is 1. The van der Waals surface area contributed by atoms with Crippen LogP contribution in [0, 0.1) is 5.82 Å². The van der Waals surface area contributed by atoms with Gasteiger partial charge in [-0.25, -0.2) is 9.18 Å². The first-order valence-electron chi connectivity index (χ1n) is 10.9. The molecule has 6 nitrogen and oxygen atoms in total. The van der Waals surface area contributed by atoms with Crippen molar-refractivity contribution in [2.24, 2.45) is 0 Å². The molecule has 0 aliphatic rings. The second-order valence-electron chi connectivity index (χ2n) is 7.24. The highest BCUT2D eigenvalue weighted by Gasteiger charge is 2.08. The molecule has 0 radical (unpaired) electrons. The Labute approximate surface area is 198 Å². The summed E-state index contributed by atoms with van der Waals surface area (Å²) in [6, 6.07) is 17.6. The predicted octanol–water partition coefficient (Wildman–Crippen LogP) is 5.84. The summed E-state index contributed by atoms with van der Waals surface area (Å²) in [5.41, 5.74) is 2.49. The second kappa shape index (κ2) is 12.3. The normalized spacial score (nSPS) is 10.8. The number of halogens is 1. The van der Waals surface area contributed by atoms with Gasteiger partial charge in [0, 0.05) is 6.07 Å². The van der Waals surface area contributed by atoms with Gasteiger partial charge in [0.25, 0.3) is 0 Å². The molecule has 3 aromatic rings. The number of hydrogen-bond acceptors (Lipinski definition) is 5. The molecule has 7 heteroatoms. The van der Waals surface area contributed by atoms with Crippen LogP contribution < -0.4 is 18.9 Å². The van der Waals surface area contributed by atoms with E-state index in [9.17, 15) is 9.18 Å². The minimum atomic E-state index is -1.17. The van der Waals surface area contributed by atoms with Crippen LogP contribution in [0.25, 0.3) is 12.2 Å². The van der Waals surface area contributed by atoms with E-state index in [0.717, 1.165) is 16.9 Å². The molecule has 0 saturated carbocycles. The highest BCUT2D eigenvalue weighted by atomic mass is 19.1. The Balaban J connectivity index is 1.70. The van der Waals surface area contributed by atoms with Crippen molar-refractivity contribution in [1.29, 1.82) is 0 Å². The summed E-state index contributed by atoms with van der Waals surface area (Å²) in [4.78, 5) is 10.6. The van der Waals surface area contributed by atoms with E-state index < -0.39 is 18.4 Å². The van der Waals surface area contributed by atoms with Crippen molar-refractivity contribution in [1.82, 2.24) is 0 Å². The van der Waals surface area contributed by atoms with Gasteiger partial charge in [0.15, 0.2) is 18.2 Å². The molecule has 0 spiro atoms. The van der Waals surface area contributed by atoms with E-state index in [0.29, 0.717) is 30.3 Å². The van der Waals surface area contributed by atoms with E-state index >= 15 is 0 Å². The Hall–Kier alpha value is -4.00. The smallest absolute Gasteiger partial charge is 0.341 e. The molecule has 3 aromatic carbocycles. The lowest BCUT2D eigenvalue weighted by molar-refractivity contribution is -0.139. The first kappa shape index (κ1) is 24.6. The van der Waals surface area contributed by atoms with Crippen molar-refractivity contribution in [3.63, 3.8) is 0 Å². The first-order valence-corrected chi connectivity index (χ1v) is 10.9. The summed E-state index contributed by atoms with van der Waals surface area (Å²) in [7, 11) is 0. The van der Waals surface area contributed by atoms with E-state index in [4.69, 9.17) is 24.1 Å². The van der Waals surface area contributed by atoms with Crippen LogP contribution in [0.1, 0.15) is 30.5 Å². The second-order valence-corrected chi connectivity index (χ2v) is 7.24. The van der Waals surface area contributed by atoms with Crippen LogP contribution in [0.5, 0.6) is 23.0 Å². The van der Waals surface area contributed by atoms with Crippen LogP contribution in [0.3, 0.4) is 0 Å². The lowest BCUT2D eigenvalue weighted by Crippen LogP contribution is -2.10. The molecule has 1 N–H and O–H groups in total. The number of carboxylic acid groups (broad SMARTS) is 1. The highest BCUT2D eigenvalue weighted by Crippen LogP contribution is 2.26. The third-order valence-corrected chi connectivity index (χ3v) is 4.63. The van der Waals surface area contributed by atoms with Crippen molar-refractivity contribution in [3.05, 3.63) is 83.2 Å². The molecular formula is C27H27FO6. The molecule has 0 amide bonds. The third kappa shape index (κ3) is 7.55. The molecule has 0 aliphatic heterocycles. The predicted molar refractivity (Wildman–Crippen MR) is 128 cm³/mol. The lowest BCUT2D eigenvalue weighted by Gasteiger charge is -2.11. The Bertz CT molecular complexity index is 1120. The molecule has 0 bridgehead atoms. The molecule has 0 aliphatic carbocycles. The van der Waals surface area contributed by atoms with Gasteiger partial charge in [-0.3, -0.25) is 0 Å². The largest absolute Gasteiger partial charge is 0.494 e. The fraction of sp³-hybridized carbons (Fsp3) is 0.222. The number of hydrogen-bond donors (Lipinski definition) is 1. The standard InChI is InChI=1S/C27H27FO6/c1-3-31-22-10-7-19(8-11-22)5-6-20-13-23(32-4-2)16-24(14-20)33-17-21-9-12-26(25(28)15-21)34-18-27(29)30/h5-16H,3-4,17-18H2,1-2H3,(H,29,30)/b6-5+. The average molecular weight is 467 g/mol. The van der Waals surface area contributed by atoms with E-state index in [1.54, 1.807) is 12.1 Å². The zero-order chi connectivity index (χ0) is 24.3. The van der Waals surface area contributed by atoms with Crippen LogP contribution in [0.4, 0.5) is 4.39 Å². The lowest BCUT2D eigenvalue weighted by atomic mass is 10.1. The van der Waals surface area contributed by atoms with Gasteiger partial charge in [0.1, 0.15) is 23.9 Å². The third-order valence-electron chi connectivity index (χ3n) is 4.63. The quantitative estimate of drug-likeness (QED) is 0.338. The van der Waals surface area contributed by atoms with Crippen LogP contribution in [-0.4, -0.2) is 30.9 Å². The van der Waals surface area contributed by atoms with Gasteiger partial charge in [0.05, 0.1) is 13.2 Å². The number of ether oxygens (including phenoxy) is 4. The number of carbonyl (C=O) groups is 1. The molecule has 0 atom stereocenters. The van der Waals surface area contributed by atoms with Gasteiger partial charge in [-0.05, 0) is 66.9 Å². The number of carboxylic acids is 1. The highest BCUT2D eigenvalue weighted by molar-refractivity contribution is 5.71. The van der Waals surface area contributed by atoms with Crippen molar-refractivity contribution in [2.45, 2.75) is 20.5 Å². The molecule has 0 aromatic heterocycles. The molecule has 0 saturated heterocycles. The Morgan fingerprint density at radius 3 is 2.09 bits per heavy atom. The zero-order valence-electron chi connectivity index (χ0n) is 19.1. The Morgan fingerprint density at radius 2 is 1.44 bits per heavy atom.